The van der Waals surface area contributed by atoms with E-state index in [-0.39, 0.29) is 11.9 Å². The van der Waals surface area contributed by atoms with E-state index in [0.29, 0.717) is 38.6 Å². The third-order valence-electron chi connectivity index (χ3n) is 6.68. The molecular weight excluding hydrogens is 428 g/mol. The van der Waals surface area contributed by atoms with E-state index in [2.05, 4.69) is 16.9 Å². The van der Waals surface area contributed by atoms with Crippen LogP contribution in [0.5, 0.6) is 0 Å². The first kappa shape index (κ1) is 27.2. The molecule has 0 saturated carbocycles. The molecule has 0 bridgehead atoms. The van der Waals surface area contributed by atoms with Crippen molar-refractivity contribution in [1.82, 2.24) is 4.90 Å². The van der Waals surface area contributed by atoms with E-state index in [4.69, 9.17) is 0 Å². The second-order valence-corrected chi connectivity index (χ2v) is 9.30. The Balaban J connectivity index is 1.73. The summed E-state index contributed by atoms with van der Waals surface area (Å²) in [6, 6.07) is 9.66. The van der Waals surface area contributed by atoms with Crippen LogP contribution in [0, 0.1) is 5.92 Å². The summed E-state index contributed by atoms with van der Waals surface area (Å²) in [5, 5.41) is 10.6. The van der Waals surface area contributed by atoms with Crippen LogP contribution in [0.2, 0.25) is 0 Å². The lowest BCUT2D eigenvalue weighted by atomic mass is 9.92. The van der Waals surface area contributed by atoms with Crippen molar-refractivity contribution in [2.45, 2.75) is 95.6 Å². The van der Waals surface area contributed by atoms with Crippen molar-refractivity contribution in [1.29, 1.82) is 0 Å². The van der Waals surface area contributed by atoms with Gasteiger partial charge in [-0.25, -0.2) is 0 Å². The zero-order valence-electron chi connectivity index (χ0n) is 20.0. The van der Waals surface area contributed by atoms with E-state index in [1.807, 2.05) is 25.1 Å². The zero-order valence-corrected chi connectivity index (χ0v) is 20.0. The number of hydrogen-bond acceptors (Lipinski definition) is 4. The van der Waals surface area contributed by atoms with Gasteiger partial charge >= 0.3 is 11.9 Å². The number of unbranched alkanes of at least 4 members (excludes halogenated alkanes) is 3. The van der Waals surface area contributed by atoms with Gasteiger partial charge in [0.2, 0.25) is 0 Å². The van der Waals surface area contributed by atoms with Gasteiger partial charge < -0.3 is 14.7 Å². The van der Waals surface area contributed by atoms with Crippen molar-refractivity contribution < 1.29 is 28.2 Å². The number of halogens is 2. The molecule has 2 rings (SSSR count). The molecule has 1 aliphatic heterocycles. The van der Waals surface area contributed by atoms with Gasteiger partial charge in [-0.2, -0.15) is 8.78 Å². The number of ether oxygens (including phenoxy) is 1. The van der Waals surface area contributed by atoms with Gasteiger partial charge in [-0.05, 0) is 56.4 Å². The molecule has 3 atom stereocenters. The number of benzene rings is 1. The van der Waals surface area contributed by atoms with Crippen LogP contribution in [0.4, 0.5) is 8.78 Å². The maximum absolute atomic E-state index is 14.1. The summed E-state index contributed by atoms with van der Waals surface area (Å²) in [7, 11) is 1.35. The van der Waals surface area contributed by atoms with E-state index in [1.54, 1.807) is 0 Å². The summed E-state index contributed by atoms with van der Waals surface area (Å²) in [6.07, 6.45) is 5.76. The Labute approximate surface area is 196 Å². The van der Waals surface area contributed by atoms with Crippen LogP contribution in [0.25, 0.3) is 0 Å². The number of methoxy groups -OCH3 is 1. The van der Waals surface area contributed by atoms with Crippen molar-refractivity contribution in [2.24, 2.45) is 5.92 Å². The Bertz CT molecular complexity index is 728. The van der Waals surface area contributed by atoms with Crippen molar-refractivity contribution >= 4 is 11.9 Å². The molecule has 33 heavy (non-hydrogen) atoms. The smallest absolute Gasteiger partial charge is 0.326 e. The van der Waals surface area contributed by atoms with Crippen molar-refractivity contribution in [3.8, 4) is 0 Å². The molecule has 1 aliphatic rings. The van der Waals surface area contributed by atoms with Crippen molar-refractivity contribution in [3.05, 3.63) is 35.9 Å². The van der Waals surface area contributed by atoms with E-state index >= 15 is 0 Å². The van der Waals surface area contributed by atoms with E-state index in [1.165, 1.54) is 17.6 Å². The van der Waals surface area contributed by atoms with Crippen LogP contribution in [-0.4, -0.2) is 53.6 Å². The molecule has 1 fully saturated rings. The number of hydrogen-bond donors (Lipinski definition) is 1. The highest BCUT2D eigenvalue weighted by atomic mass is 19.3. The largest absolute Gasteiger partial charge is 0.469 e. The molecule has 0 spiro atoms. The first-order chi connectivity index (χ1) is 15.7. The number of carbonyl (C=O) groups excluding carboxylic acids is 2. The summed E-state index contributed by atoms with van der Waals surface area (Å²) in [5.41, 5.74) is 1.27. The summed E-state index contributed by atoms with van der Waals surface area (Å²) in [4.78, 5) is 24.6. The fourth-order valence-electron chi connectivity index (χ4n) is 4.53. The molecule has 5 nitrogen and oxygen atoms in total. The maximum atomic E-state index is 14.1. The Kier molecular flexibility index (Phi) is 11.2. The van der Waals surface area contributed by atoms with Crippen molar-refractivity contribution in [3.63, 3.8) is 0 Å². The van der Waals surface area contributed by atoms with Gasteiger partial charge in [0.25, 0.3) is 5.91 Å². The number of esters is 1. The third-order valence-corrected chi connectivity index (χ3v) is 6.68. The highest BCUT2D eigenvalue weighted by molar-refractivity contribution is 5.86. The molecule has 1 aromatic rings. The molecule has 0 aliphatic carbocycles. The number of nitrogens with zero attached hydrogens (tertiary/aromatic N) is 1. The normalized spacial score (nSPS) is 19.5. The predicted octanol–water partition coefficient (Wildman–Crippen LogP) is 5.15. The Morgan fingerprint density at radius 3 is 2.55 bits per heavy atom. The minimum Gasteiger partial charge on any atom is -0.469 e. The third kappa shape index (κ3) is 9.03. The minimum atomic E-state index is -3.32. The quantitative estimate of drug-likeness (QED) is 0.286. The van der Waals surface area contributed by atoms with Gasteiger partial charge in [0.1, 0.15) is 0 Å². The summed E-state index contributed by atoms with van der Waals surface area (Å²) >= 11 is 0. The predicted molar refractivity (Wildman–Crippen MR) is 124 cm³/mol. The number of rotatable bonds is 15. The lowest BCUT2D eigenvalue weighted by molar-refractivity contribution is -0.148. The number of carbonyl (C=O) groups is 2. The van der Waals surface area contributed by atoms with Gasteiger partial charge in [0.05, 0.1) is 13.2 Å². The van der Waals surface area contributed by atoms with Gasteiger partial charge in [0, 0.05) is 25.4 Å². The number of aliphatic hydroxyl groups is 1. The first-order valence-corrected chi connectivity index (χ1v) is 12.2. The van der Waals surface area contributed by atoms with Crippen LogP contribution >= 0.6 is 0 Å². The van der Waals surface area contributed by atoms with Crippen molar-refractivity contribution in [2.75, 3.05) is 13.7 Å². The molecule has 1 heterocycles. The molecule has 186 valence electrons. The molecule has 1 aromatic carbocycles. The Morgan fingerprint density at radius 2 is 1.85 bits per heavy atom. The monoisotopic (exact) mass is 467 g/mol. The minimum absolute atomic E-state index is 0.0783. The fourth-order valence-corrected chi connectivity index (χ4v) is 4.53. The number of aryl methyl sites for hydroxylation is 1. The molecule has 0 aromatic heterocycles. The van der Waals surface area contributed by atoms with Gasteiger partial charge in [0.15, 0.2) is 0 Å². The van der Waals surface area contributed by atoms with E-state index in [9.17, 15) is 23.5 Å². The second-order valence-electron chi connectivity index (χ2n) is 9.30. The Hall–Kier alpha value is -2.02. The summed E-state index contributed by atoms with van der Waals surface area (Å²) in [6.45, 7) is 2.29. The lowest BCUT2D eigenvalue weighted by Crippen LogP contribution is -2.37. The highest BCUT2D eigenvalue weighted by Crippen LogP contribution is 2.36. The number of amides is 1. The summed E-state index contributed by atoms with van der Waals surface area (Å²) < 4.78 is 32.8. The fraction of sp³-hybridized carbons (Fsp3) is 0.692. The Morgan fingerprint density at radius 1 is 1.15 bits per heavy atom. The van der Waals surface area contributed by atoms with Gasteiger partial charge in [-0.1, -0.05) is 50.1 Å². The van der Waals surface area contributed by atoms with E-state index < -0.39 is 30.4 Å². The average molecular weight is 468 g/mol. The maximum Gasteiger partial charge on any atom is 0.326 e. The first-order valence-electron chi connectivity index (χ1n) is 12.2. The van der Waals surface area contributed by atoms with Crippen LogP contribution < -0.4 is 0 Å². The molecule has 0 radical (unpaired) electrons. The van der Waals surface area contributed by atoms with E-state index in [0.717, 1.165) is 32.1 Å². The highest BCUT2D eigenvalue weighted by Gasteiger charge is 2.52. The SMILES string of the molecule is COC(=O)CCCCCCN1C(=O)C(F)(F)C[C@@H]1CC[C@@H](O)[C@@H](C)CCCc1ccccc1. The van der Waals surface area contributed by atoms with Crippen LogP contribution in [0.3, 0.4) is 0 Å². The van der Waals surface area contributed by atoms with Crippen LogP contribution in [-0.2, 0) is 20.7 Å². The average Bonchev–Trinajstić information content (AvgIpc) is 3.02. The number of likely N-dealkylation sites (tertiary alicyclic amines) is 1. The lowest BCUT2D eigenvalue weighted by Gasteiger charge is -2.26. The number of alkyl halides is 2. The molecule has 1 saturated heterocycles. The number of aliphatic hydroxyl groups excluding tert-OH is 1. The van der Waals surface area contributed by atoms with Gasteiger partial charge in [-0.15, -0.1) is 0 Å². The van der Waals surface area contributed by atoms with Gasteiger partial charge in [-0.3, -0.25) is 9.59 Å². The molecule has 1 amide bonds. The molecule has 7 heteroatoms. The molecular formula is C26H39F2NO4. The van der Waals surface area contributed by atoms with Crippen LogP contribution in [0.15, 0.2) is 30.3 Å². The zero-order chi connectivity index (χ0) is 24.3. The standard InChI is InChI=1S/C26H39F2NO4/c1-20(11-10-14-21-12-6-5-7-13-21)23(30)17-16-22-19-26(27,28)25(32)29(22)18-9-4-3-8-15-24(31)33-2/h5-7,12-13,20,22-23,30H,3-4,8-11,14-19H2,1-2H3/t20-,22-,23+/m0/s1. The van der Waals surface area contributed by atoms with Crippen LogP contribution in [0.1, 0.15) is 76.7 Å². The topological polar surface area (TPSA) is 66.8 Å². The summed E-state index contributed by atoms with van der Waals surface area (Å²) in [5.74, 6) is -4.58. The second kappa shape index (κ2) is 13.6. The molecule has 1 N–H and O–H groups in total. The molecule has 0 unspecified atom stereocenters.